The lowest BCUT2D eigenvalue weighted by molar-refractivity contribution is -0.0800. The summed E-state index contributed by atoms with van der Waals surface area (Å²) in [5, 5.41) is 37.4. The van der Waals surface area contributed by atoms with Crippen molar-refractivity contribution in [1.29, 1.82) is 0 Å². The van der Waals surface area contributed by atoms with Gasteiger partial charge in [0.25, 0.3) is 0 Å². The highest BCUT2D eigenvalue weighted by Crippen LogP contribution is 2.22. The minimum Gasteiger partial charge on any atom is -0.394 e. The maximum atomic E-state index is 9.83. The van der Waals surface area contributed by atoms with Crippen LogP contribution in [-0.2, 0) is 0 Å². The van der Waals surface area contributed by atoms with E-state index in [2.05, 4.69) is 25.9 Å². The molecule has 3 atom stereocenters. The van der Waals surface area contributed by atoms with Crippen molar-refractivity contribution in [2.45, 2.75) is 18.3 Å². The fraction of sp³-hybridized carbons (Fsp3) is 0.364. The quantitative estimate of drug-likeness (QED) is 0.548. The lowest BCUT2D eigenvalue weighted by Crippen LogP contribution is -2.35. The first kappa shape index (κ1) is 13.4. The molecule has 2 rings (SSSR count). The van der Waals surface area contributed by atoms with Crippen molar-refractivity contribution < 1.29 is 20.4 Å². The van der Waals surface area contributed by atoms with Gasteiger partial charge in [-0.05, 0) is 18.2 Å². The Labute approximate surface area is 111 Å². The molecule has 0 fully saturated rings. The molecule has 6 nitrogen and oxygen atoms in total. The Balaban J connectivity index is 2.30. The number of aliphatic hydroxyl groups is 4. The lowest BCUT2D eigenvalue weighted by Gasteiger charge is -2.19. The van der Waals surface area contributed by atoms with E-state index >= 15 is 0 Å². The summed E-state index contributed by atoms with van der Waals surface area (Å²) < 4.78 is 0.846. The lowest BCUT2D eigenvalue weighted by atomic mass is 10.1. The average molecular weight is 317 g/mol. The van der Waals surface area contributed by atoms with E-state index in [9.17, 15) is 15.3 Å². The topological polar surface area (TPSA) is 110 Å². The van der Waals surface area contributed by atoms with Crippen LogP contribution in [0.5, 0.6) is 0 Å². The molecule has 0 aliphatic rings. The average Bonchev–Trinajstić information content (AvgIpc) is 2.78. The Bertz CT molecular complexity index is 545. The third-order valence-electron chi connectivity index (χ3n) is 2.65. The van der Waals surface area contributed by atoms with Crippen molar-refractivity contribution in [3.63, 3.8) is 0 Å². The number of aromatic nitrogens is 2. The Morgan fingerprint density at radius 2 is 2.00 bits per heavy atom. The minimum atomic E-state index is -1.50. The summed E-state index contributed by atoms with van der Waals surface area (Å²) in [6.45, 7) is -0.635. The predicted octanol–water partition coefficient (Wildman–Crippen LogP) is 0.0729. The number of aromatic amines is 1. The molecule has 1 aromatic heterocycles. The number of rotatable bonds is 4. The van der Waals surface area contributed by atoms with Crippen molar-refractivity contribution >= 4 is 27.0 Å². The highest BCUT2D eigenvalue weighted by molar-refractivity contribution is 9.10. The molecule has 0 aliphatic carbocycles. The van der Waals surface area contributed by atoms with Crippen LogP contribution < -0.4 is 0 Å². The van der Waals surface area contributed by atoms with Gasteiger partial charge in [0.1, 0.15) is 24.1 Å². The third kappa shape index (κ3) is 2.55. The summed E-state index contributed by atoms with van der Waals surface area (Å²) in [6, 6.07) is 5.35. The molecule has 0 aliphatic heterocycles. The Kier molecular flexibility index (Phi) is 3.98. The van der Waals surface area contributed by atoms with E-state index < -0.39 is 24.9 Å². The molecule has 0 saturated heterocycles. The molecular formula is C11H13BrN2O4. The van der Waals surface area contributed by atoms with Crippen molar-refractivity contribution in [2.75, 3.05) is 6.61 Å². The monoisotopic (exact) mass is 316 g/mol. The van der Waals surface area contributed by atoms with E-state index in [0.29, 0.717) is 11.0 Å². The second kappa shape index (κ2) is 5.33. The summed E-state index contributed by atoms with van der Waals surface area (Å²) in [4.78, 5) is 6.97. The van der Waals surface area contributed by atoms with Crippen LogP contribution >= 0.6 is 15.9 Å². The van der Waals surface area contributed by atoms with E-state index in [1.165, 1.54) is 0 Å². The minimum absolute atomic E-state index is 0.142. The maximum absolute atomic E-state index is 9.83. The molecule has 5 N–H and O–H groups in total. The molecule has 7 heteroatoms. The van der Waals surface area contributed by atoms with Crippen molar-refractivity contribution in [2.24, 2.45) is 0 Å². The number of hydrogen-bond donors (Lipinski definition) is 5. The molecule has 1 aromatic carbocycles. The van der Waals surface area contributed by atoms with Gasteiger partial charge in [0.15, 0.2) is 0 Å². The first-order valence-electron chi connectivity index (χ1n) is 5.33. The number of nitrogens with one attached hydrogen (secondary N) is 1. The van der Waals surface area contributed by atoms with Crippen molar-refractivity contribution in [3.8, 4) is 0 Å². The first-order valence-corrected chi connectivity index (χ1v) is 6.12. The molecular weight excluding hydrogens is 304 g/mol. The van der Waals surface area contributed by atoms with Gasteiger partial charge in [-0.3, -0.25) is 0 Å². The van der Waals surface area contributed by atoms with Gasteiger partial charge >= 0.3 is 0 Å². The normalized spacial score (nSPS) is 16.7. The van der Waals surface area contributed by atoms with Crippen LogP contribution in [0, 0.1) is 0 Å². The number of halogens is 1. The molecule has 0 bridgehead atoms. The standard InChI is InChI=1S/C11H13BrN2O4/c12-5-1-2-6-7(3-5)14-11(13-6)10(18)9(17)8(16)4-15/h1-3,8-10,15-18H,4H2,(H,13,14)/t8-,9-,10-/m1/s1. The second-order valence-electron chi connectivity index (χ2n) is 3.97. The number of hydrogen-bond acceptors (Lipinski definition) is 5. The molecule has 1 heterocycles. The van der Waals surface area contributed by atoms with Crippen LogP contribution in [0.4, 0.5) is 0 Å². The van der Waals surface area contributed by atoms with Crippen LogP contribution in [0.3, 0.4) is 0 Å². The van der Waals surface area contributed by atoms with Crippen LogP contribution in [0.2, 0.25) is 0 Å². The van der Waals surface area contributed by atoms with Crippen molar-refractivity contribution in [1.82, 2.24) is 9.97 Å². The van der Waals surface area contributed by atoms with Crippen LogP contribution in [-0.4, -0.2) is 49.2 Å². The van der Waals surface area contributed by atoms with E-state index in [1.807, 2.05) is 6.07 Å². The number of nitrogens with zero attached hydrogens (tertiary/aromatic N) is 1. The fourth-order valence-corrected chi connectivity index (χ4v) is 1.97. The van der Waals surface area contributed by atoms with Crippen LogP contribution in [0.15, 0.2) is 22.7 Å². The van der Waals surface area contributed by atoms with Gasteiger partial charge in [0.05, 0.1) is 17.6 Å². The van der Waals surface area contributed by atoms with Crippen LogP contribution in [0.25, 0.3) is 11.0 Å². The number of benzene rings is 1. The zero-order valence-electron chi connectivity index (χ0n) is 9.29. The highest BCUT2D eigenvalue weighted by Gasteiger charge is 2.27. The van der Waals surface area contributed by atoms with Gasteiger partial charge < -0.3 is 25.4 Å². The summed E-state index contributed by atoms with van der Waals surface area (Å²) in [6.07, 6.45) is -4.31. The molecule has 0 amide bonds. The smallest absolute Gasteiger partial charge is 0.140 e. The number of H-pyrrole nitrogens is 1. The Morgan fingerprint density at radius 1 is 1.28 bits per heavy atom. The Morgan fingerprint density at radius 3 is 2.67 bits per heavy atom. The summed E-state index contributed by atoms with van der Waals surface area (Å²) >= 11 is 3.30. The summed E-state index contributed by atoms with van der Waals surface area (Å²) in [5.41, 5.74) is 1.34. The zero-order chi connectivity index (χ0) is 13.3. The highest BCUT2D eigenvalue weighted by atomic mass is 79.9. The van der Waals surface area contributed by atoms with E-state index in [1.54, 1.807) is 12.1 Å². The van der Waals surface area contributed by atoms with Gasteiger partial charge in [-0.1, -0.05) is 15.9 Å². The molecule has 98 valence electrons. The molecule has 2 aromatic rings. The number of fused-ring (bicyclic) bond motifs is 1. The molecule has 0 unspecified atom stereocenters. The summed E-state index contributed by atoms with van der Waals surface area (Å²) in [7, 11) is 0. The third-order valence-corrected chi connectivity index (χ3v) is 3.14. The second-order valence-corrected chi connectivity index (χ2v) is 4.88. The van der Waals surface area contributed by atoms with Gasteiger partial charge in [-0.15, -0.1) is 0 Å². The van der Waals surface area contributed by atoms with Gasteiger partial charge in [0, 0.05) is 4.47 Å². The van der Waals surface area contributed by atoms with Gasteiger partial charge in [-0.2, -0.15) is 0 Å². The summed E-state index contributed by atoms with van der Waals surface area (Å²) in [5.74, 6) is 0.142. The van der Waals surface area contributed by atoms with Crippen molar-refractivity contribution in [3.05, 3.63) is 28.5 Å². The van der Waals surface area contributed by atoms with Crippen LogP contribution in [0.1, 0.15) is 11.9 Å². The number of imidazole rings is 1. The molecule has 0 saturated carbocycles. The fourth-order valence-electron chi connectivity index (χ4n) is 1.62. The Hall–Kier alpha value is -0.990. The molecule has 0 spiro atoms. The molecule has 18 heavy (non-hydrogen) atoms. The van der Waals surface area contributed by atoms with Gasteiger partial charge in [-0.25, -0.2) is 4.98 Å². The SMILES string of the molecule is OC[C@@H](O)[C@@H](O)[C@@H](O)c1nc2cc(Br)ccc2[nH]1. The first-order chi connectivity index (χ1) is 8.52. The number of aliphatic hydroxyl groups excluding tert-OH is 4. The zero-order valence-corrected chi connectivity index (χ0v) is 10.9. The van der Waals surface area contributed by atoms with E-state index in [4.69, 9.17) is 5.11 Å². The maximum Gasteiger partial charge on any atom is 0.140 e. The van der Waals surface area contributed by atoms with E-state index in [0.717, 1.165) is 4.47 Å². The molecule has 0 radical (unpaired) electrons. The largest absolute Gasteiger partial charge is 0.394 e. The van der Waals surface area contributed by atoms with Gasteiger partial charge in [0.2, 0.25) is 0 Å². The predicted molar refractivity (Wildman–Crippen MR) is 67.9 cm³/mol. The van der Waals surface area contributed by atoms with E-state index in [-0.39, 0.29) is 5.82 Å².